The fraction of sp³-hybridized carbons (Fsp3) is 0.200. The Kier molecular flexibility index (Phi) is 6.81. The number of halogens is 3. The van der Waals surface area contributed by atoms with E-state index in [-0.39, 0.29) is 30.3 Å². The molecule has 176 valence electrons. The summed E-state index contributed by atoms with van der Waals surface area (Å²) in [4.78, 5) is 26.3. The zero-order chi connectivity index (χ0) is 24.4. The molecule has 0 bridgehead atoms. The highest BCUT2D eigenvalue weighted by molar-refractivity contribution is 6.30. The molecule has 1 aliphatic heterocycles. The fourth-order valence-corrected chi connectivity index (χ4v) is 4.00. The minimum atomic E-state index is -1.12. The van der Waals surface area contributed by atoms with Gasteiger partial charge in [-0.05, 0) is 66.9 Å². The second-order valence-electron chi connectivity index (χ2n) is 8.11. The Bertz CT molecular complexity index is 1230. The van der Waals surface area contributed by atoms with Crippen LogP contribution in [0, 0.1) is 11.6 Å². The average Bonchev–Trinajstić information content (AvgIpc) is 3.17. The van der Waals surface area contributed by atoms with Crippen molar-refractivity contribution in [1.29, 1.82) is 0 Å². The Balaban J connectivity index is 1.49. The number of rotatable bonds is 5. The second-order valence-corrected chi connectivity index (χ2v) is 8.55. The number of carbonyl (C=O) groups excluding carboxylic acids is 2. The molecule has 1 aliphatic rings. The van der Waals surface area contributed by atoms with Crippen LogP contribution >= 0.6 is 11.6 Å². The van der Waals surface area contributed by atoms with Crippen LogP contribution in [-0.2, 0) is 4.79 Å². The molecule has 3 amide bonds. The number of nitrogens with one attached hydrogen (secondary N) is 2. The number of nitrogens with zero attached hydrogens (tertiary/aromatic N) is 1. The van der Waals surface area contributed by atoms with Crippen LogP contribution in [0.25, 0.3) is 11.1 Å². The molecule has 4 N–H and O–H groups in total. The van der Waals surface area contributed by atoms with Crippen LogP contribution in [0.5, 0.6) is 0 Å². The summed E-state index contributed by atoms with van der Waals surface area (Å²) in [6.45, 7) is 1.94. The number of amides is 3. The summed E-state index contributed by atoms with van der Waals surface area (Å²) >= 11 is 5.83. The van der Waals surface area contributed by atoms with E-state index in [0.29, 0.717) is 16.3 Å². The third kappa shape index (κ3) is 4.88. The van der Waals surface area contributed by atoms with Gasteiger partial charge in [-0.15, -0.1) is 0 Å². The number of hydrogen-bond donors (Lipinski definition) is 3. The van der Waals surface area contributed by atoms with Gasteiger partial charge in [0.2, 0.25) is 5.91 Å². The molecular formula is C25H23ClF2N4O2. The zero-order valence-electron chi connectivity index (χ0n) is 18.3. The van der Waals surface area contributed by atoms with Crippen molar-refractivity contribution in [3.05, 3.63) is 82.9 Å². The Morgan fingerprint density at radius 2 is 1.85 bits per heavy atom. The Morgan fingerprint density at radius 3 is 2.56 bits per heavy atom. The molecule has 9 heteroatoms. The van der Waals surface area contributed by atoms with Crippen molar-refractivity contribution < 1.29 is 18.4 Å². The third-order valence-electron chi connectivity index (χ3n) is 5.69. The van der Waals surface area contributed by atoms with Crippen molar-refractivity contribution in [3.63, 3.8) is 0 Å². The predicted molar refractivity (Wildman–Crippen MR) is 129 cm³/mol. The standard InChI is InChI=1S/C25H23ClF2N4O2/c1-14(29)15-3-2-4-16(13-15)19-9-10-21(23(28)22(19)27)32-12-11-20(24(32)33)31-25(34)30-18-7-5-17(26)6-8-18/h2-10,13-14,20H,11-12,29H2,1H3,(H2,30,31,34). The van der Waals surface area contributed by atoms with Gasteiger partial charge in [-0.25, -0.2) is 13.6 Å². The molecular weight excluding hydrogens is 462 g/mol. The smallest absolute Gasteiger partial charge is 0.319 e. The van der Waals surface area contributed by atoms with Crippen LogP contribution < -0.4 is 21.3 Å². The maximum atomic E-state index is 15.0. The van der Waals surface area contributed by atoms with Crippen molar-refractivity contribution >= 4 is 34.9 Å². The van der Waals surface area contributed by atoms with E-state index in [0.717, 1.165) is 10.5 Å². The predicted octanol–water partition coefficient (Wildman–Crippen LogP) is 5.23. The number of benzene rings is 3. The molecule has 1 saturated heterocycles. The van der Waals surface area contributed by atoms with Crippen LogP contribution in [0.4, 0.5) is 25.0 Å². The molecule has 3 aromatic carbocycles. The molecule has 0 aromatic heterocycles. The minimum Gasteiger partial charge on any atom is -0.326 e. The van der Waals surface area contributed by atoms with Gasteiger partial charge in [0.15, 0.2) is 11.6 Å². The van der Waals surface area contributed by atoms with Crippen LogP contribution in [-0.4, -0.2) is 24.5 Å². The van der Waals surface area contributed by atoms with Crippen molar-refractivity contribution in [3.8, 4) is 11.1 Å². The molecule has 0 spiro atoms. The van der Waals surface area contributed by atoms with Crippen LogP contribution in [0.15, 0.2) is 60.7 Å². The van der Waals surface area contributed by atoms with Crippen molar-refractivity contribution in [2.45, 2.75) is 25.4 Å². The topological polar surface area (TPSA) is 87.5 Å². The molecule has 1 fully saturated rings. The Hall–Kier alpha value is -3.49. The molecule has 0 saturated carbocycles. The number of hydrogen-bond acceptors (Lipinski definition) is 3. The maximum absolute atomic E-state index is 15.0. The van der Waals surface area contributed by atoms with E-state index in [1.54, 1.807) is 49.4 Å². The Morgan fingerprint density at radius 1 is 1.12 bits per heavy atom. The minimum absolute atomic E-state index is 0.0763. The van der Waals surface area contributed by atoms with Gasteiger partial charge < -0.3 is 21.3 Å². The third-order valence-corrected chi connectivity index (χ3v) is 5.94. The summed E-state index contributed by atoms with van der Waals surface area (Å²) in [6.07, 6.45) is 0.256. The maximum Gasteiger partial charge on any atom is 0.319 e. The van der Waals surface area contributed by atoms with Gasteiger partial charge in [0.1, 0.15) is 6.04 Å². The lowest BCUT2D eigenvalue weighted by atomic mass is 9.99. The summed E-state index contributed by atoms with van der Waals surface area (Å²) in [7, 11) is 0. The lowest BCUT2D eigenvalue weighted by molar-refractivity contribution is -0.118. The molecule has 34 heavy (non-hydrogen) atoms. The monoisotopic (exact) mass is 484 g/mol. The van der Waals surface area contributed by atoms with Crippen LogP contribution in [0.3, 0.4) is 0 Å². The summed E-state index contributed by atoms with van der Waals surface area (Å²) < 4.78 is 30.0. The van der Waals surface area contributed by atoms with E-state index >= 15 is 8.78 Å². The van der Waals surface area contributed by atoms with Gasteiger partial charge in [0.25, 0.3) is 0 Å². The number of urea groups is 1. The number of anilines is 2. The van der Waals surface area contributed by atoms with E-state index in [9.17, 15) is 9.59 Å². The molecule has 6 nitrogen and oxygen atoms in total. The highest BCUT2D eigenvalue weighted by atomic mass is 35.5. The SMILES string of the molecule is CC(N)c1cccc(-c2ccc(N3CCC(NC(=O)Nc4ccc(Cl)cc4)C3=O)c(F)c2F)c1. The summed E-state index contributed by atoms with van der Waals surface area (Å²) in [5, 5.41) is 5.71. The van der Waals surface area contributed by atoms with E-state index in [4.69, 9.17) is 17.3 Å². The first-order chi connectivity index (χ1) is 16.2. The zero-order valence-corrected chi connectivity index (χ0v) is 19.1. The molecule has 2 atom stereocenters. The summed E-state index contributed by atoms with van der Waals surface area (Å²) in [5.74, 6) is -2.69. The normalized spacial score (nSPS) is 16.4. The van der Waals surface area contributed by atoms with Crippen LogP contribution in [0.2, 0.25) is 5.02 Å². The first-order valence-electron chi connectivity index (χ1n) is 10.7. The first kappa shape index (κ1) is 23.7. The average molecular weight is 485 g/mol. The van der Waals surface area contributed by atoms with Crippen molar-refractivity contribution in [1.82, 2.24) is 5.32 Å². The van der Waals surface area contributed by atoms with E-state index in [1.807, 2.05) is 6.07 Å². The van der Waals surface area contributed by atoms with Crippen molar-refractivity contribution in [2.24, 2.45) is 5.73 Å². The summed E-state index contributed by atoms with van der Waals surface area (Å²) in [5.41, 5.74) is 7.59. The van der Waals surface area contributed by atoms with Crippen molar-refractivity contribution in [2.75, 3.05) is 16.8 Å². The number of carbonyl (C=O) groups is 2. The highest BCUT2D eigenvalue weighted by Crippen LogP contribution is 2.33. The van der Waals surface area contributed by atoms with E-state index in [1.165, 1.54) is 12.1 Å². The largest absolute Gasteiger partial charge is 0.326 e. The molecule has 3 aromatic rings. The molecule has 0 radical (unpaired) electrons. The van der Waals surface area contributed by atoms with Gasteiger partial charge >= 0.3 is 6.03 Å². The quantitative estimate of drug-likeness (QED) is 0.463. The molecule has 0 aliphatic carbocycles. The summed E-state index contributed by atoms with van der Waals surface area (Å²) in [6, 6.07) is 14.5. The fourth-order valence-electron chi connectivity index (χ4n) is 3.87. The number of nitrogens with two attached hydrogens (primary N) is 1. The van der Waals surface area contributed by atoms with Gasteiger partial charge in [-0.1, -0.05) is 29.8 Å². The Labute approximate surface area is 200 Å². The van der Waals surface area contributed by atoms with Gasteiger partial charge in [0.05, 0.1) is 5.69 Å². The highest BCUT2D eigenvalue weighted by Gasteiger charge is 2.35. The molecule has 1 heterocycles. The lowest BCUT2D eigenvalue weighted by Crippen LogP contribution is -2.43. The van der Waals surface area contributed by atoms with E-state index < -0.39 is 29.6 Å². The van der Waals surface area contributed by atoms with E-state index in [2.05, 4.69) is 10.6 Å². The lowest BCUT2D eigenvalue weighted by Gasteiger charge is -2.19. The van der Waals surface area contributed by atoms with Gasteiger partial charge in [-0.2, -0.15) is 0 Å². The molecule has 2 unspecified atom stereocenters. The van der Waals surface area contributed by atoms with Gasteiger partial charge in [0, 0.05) is 28.9 Å². The second kappa shape index (κ2) is 9.79. The first-order valence-corrected chi connectivity index (χ1v) is 11.1. The van der Waals surface area contributed by atoms with Crippen LogP contribution in [0.1, 0.15) is 24.9 Å². The molecule has 4 rings (SSSR count). The van der Waals surface area contributed by atoms with Gasteiger partial charge in [-0.3, -0.25) is 4.79 Å².